The molecule has 0 unspecified atom stereocenters. The van der Waals surface area contributed by atoms with Gasteiger partial charge in [0.1, 0.15) is 16.8 Å². The molecule has 0 bridgehead atoms. The van der Waals surface area contributed by atoms with Gasteiger partial charge in [-0.05, 0) is 43.0 Å². The van der Waals surface area contributed by atoms with Crippen molar-refractivity contribution in [3.8, 4) is 11.8 Å². The second kappa shape index (κ2) is 6.49. The fourth-order valence-electron chi connectivity index (χ4n) is 2.65. The number of thiophene rings is 1. The molecule has 1 aliphatic carbocycles. The third-order valence-corrected chi connectivity index (χ3v) is 5.11. The van der Waals surface area contributed by atoms with Crippen LogP contribution in [0.25, 0.3) is 0 Å². The summed E-state index contributed by atoms with van der Waals surface area (Å²) in [5.74, 6) is 0.513. The van der Waals surface area contributed by atoms with Crippen molar-refractivity contribution in [1.82, 2.24) is 0 Å². The molecule has 1 aliphatic rings. The molecule has 23 heavy (non-hydrogen) atoms. The van der Waals surface area contributed by atoms with E-state index in [1.165, 1.54) is 23.3 Å². The Labute approximate surface area is 142 Å². The molecule has 2 amide bonds. The Kier molecular flexibility index (Phi) is 4.42. The Hall–Kier alpha value is -2.23. The number of hydrogen-bond acceptors (Lipinski definition) is 4. The molecule has 0 saturated heterocycles. The number of carbonyl (C=O) groups excluding carboxylic acids is 1. The number of nitrogens with one attached hydrogen (secondary N) is 2. The summed E-state index contributed by atoms with van der Waals surface area (Å²) >= 11 is 7.42. The van der Waals surface area contributed by atoms with Crippen LogP contribution in [0.2, 0.25) is 5.02 Å². The first-order valence-electron chi connectivity index (χ1n) is 7.08. The normalized spacial score (nSPS) is 12.4. The van der Waals surface area contributed by atoms with E-state index in [4.69, 9.17) is 16.3 Å². The van der Waals surface area contributed by atoms with Crippen molar-refractivity contribution >= 4 is 39.7 Å². The van der Waals surface area contributed by atoms with Crippen LogP contribution in [-0.4, -0.2) is 13.1 Å². The minimum Gasteiger partial charge on any atom is -0.495 e. The summed E-state index contributed by atoms with van der Waals surface area (Å²) in [6.07, 6.45) is 2.95. The van der Waals surface area contributed by atoms with Gasteiger partial charge in [0.2, 0.25) is 0 Å². The van der Waals surface area contributed by atoms with Gasteiger partial charge in [0.05, 0.1) is 18.4 Å². The molecular formula is C16H14ClN3O2S. The molecule has 2 aromatic rings. The molecule has 5 nitrogen and oxygen atoms in total. The fourth-order valence-corrected chi connectivity index (χ4v) is 4.05. The van der Waals surface area contributed by atoms with Crippen molar-refractivity contribution in [3.63, 3.8) is 0 Å². The summed E-state index contributed by atoms with van der Waals surface area (Å²) in [6, 6.07) is 6.74. The van der Waals surface area contributed by atoms with E-state index in [1.807, 2.05) is 0 Å². The van der Waals surface area contributed by atoms with Crippen molar-refractivity contribution in [2.75, 3.05) is 17.7 Å². The van der Waals surface area contributed by atoms with Gasteiger partial charge >= 0.3 is 6.03 Å². The van der Waals surface area contributed by atoms with E-state index >= 15 is 0 Å². The fraction of sp³-hybridized carbons (Fsp3) is 0.250. The number of aryl methyl sites for hydroxylation is 1. The van der Waals surface area contributed by atoms with Gasteiger partial charge in [0.15, 0.2) is 0 Å². The zero-order valence-electron chi connectivity index (χ0n) is 12.4. The first kappa shape index (κ1) is 15.7. The van der Waals surface area contributed by atoms with Crippen LogP contribution in [-0.2, 0) is 12.8 Å². The summed E-state index contributed by atoms with van der Waals surface area (Å²) in [7, 11) is 1.52. The van der Waals surface area contributed by atoms with Crippen LogP contribution in [0.5, 0.6) is 5.75 Å². The van der Waals surface area contributed by atoms with Gasteiger partial charge in [-0.15, -0.1) is 11.3 Å². The Morgan fingerprint density at radius 2 is 2.22 bits per heavy atom. The smallest absolute Gasteiger partial charge is 0.324 e. The van der Waals surface area contributed by atoms with Gasteiger partial charge in [0, 0.05) is 9.90 Å². The van der Waals surface area contributed by atoms with Crippen molar-refractivity contribution < 1.29 is 9.53 Å². The maximum Gasteiger partial charge on any atom is 0.324 e. The lowest BCUT2D eigenvalue weighted by molar-refractivity contribution is 0.262. The van der Waals surface area contributed by atoms with E-state index in [-0.39, 0.29) is 0 Å². The van der Waals surface area contributed by atoms with E-state index in [0.29, 0.717) is 27.0 Å². The van der Waals surface area contributed by atoms with Gasteiger partial charge in [0.25, 0.3) is 0 Å². The molecule has 0 radical (unpaired) electrons. The molecule has 0 saturated carbocycles. The zero-order chi connectivity index (χ0) is 16.4. The van der Waals surface area contributed by atoms with Crippen LogP contribution in [0, 0.1) is 11.3 Å². The second-order valence-corrected chi connectivity index (χ2v) is 6.64. The standard InChI is InChI=1S/C16H14ClN3O2S/c1-22-13-6-5-9(17)7-12(13)19-16(21)20-15-11(8-18)10-3-2-4-14(10)23-15/h5-7H,2-4H2,1H3,(H2,19,20,21). The Morgan fingerprint density at radius 1 is 1.39 bits per heavy atom. The highest BCUT2D eigenvalue weighted by Gasteiger charge is 2.23. The Morgan fingerprint density at radius 3 is 2.96 bits per heavy atom. The lowest BCUT2D eigenvalue weighted by atomic mass is 10.1. The number of urea groups is 1. The van der Waals surface area contributed by atoms with E-state index < -0.39 is 6.03 Å². The molecule has 118 valence electrons. The molecule has 1 aromatic heterocycles. The van der Waals surface area contributed by atoms with Crippen molar-refractivity contribution in [3.05, 3.63) is 39.2 Å². The van der Waals surface area contributed by atoms with Crippen molar-refractivity contribution in [2.24, 2.45) is 0 Å². The van der Waals surface area contributed by atoms with Crippen molar-refractivity contribution in [2.45, 2.75) is 19.3 Å². The molecule has 0 fully saturated rings. The van der Waals surface area contributed by atoms with Crippen LogP contribution in [0.1, 0.15) is 22.4 Å². The number of methoxy groups -OCH3 is 1. The first-order chi connectivity index (χ1) is 11.1. The topological polar surface area (TPSA) is 74.2 Å². The van der Waals surface area contributed by atoms with Gasteiger partial charge in [-0.25, -0.2) is 4.79 Å². The number of fused-ring (bicyclic) bond motifs is 1. The lowest BCUT2D eigenvalue weighted by Crippen LogP contribution is -2.19. The van der Waals surface area contributed by atoms with Gasteiger partial charge < -0.3 is 10.1 Å². The number of anilines is 2. The van der Waals surface area contributed by atoms with Gasteiger partial charge in [-0.2, -0.15) is 5.26 Å². The number of ether oxygens (including phenoxy) is 1. The number of amides is 2. The van der Waals surface area contributed by atoms with E-state index in [2.05, 4.69) is 16.7 Å². The molecular weight excluding hydrogens is 334 g/mol. The lowest BCUT2D eigenvalue weighted by Gasteiger charge is -2.11. The summed E-state index contributed by atoms with van der Waals surface area (Å²) in [4.78, 5) is 13.4. The molecule has 2 N–H and O–H groups in total. The average Bonchev–Trinajstić information content (AvgIpc) is 3.07. The third-order valence-electron chi connectivity index (χ3n) is 3.67. The molecule has 3 rings (SSSR count). The summed E-state index contributed by atoms with van der Waals surface area (Å²) < 4.78 is 5.20. The predicted octanol–water partition coefficient (Wildman–Crippen LogP) is 4.41. The van der Waals surface area contributed by atoms with Crippen LogP contribution >= 0.6 is 22.9 Å². The SMILES string of the molecule is COc1ccc(Cl)cc1NC(=O)Nc1sc2c(c1C#N)CCC2. The molecule has 1 heterocycles. The summed E-state index contributed by atoms with van der Waals surface area (Å²) in [5, 5.41) is 15.9. The highest BCUT2D eigenvalue weighted by Crippen LogP contribution is 2.38. The largest absolute Gasteiger partial charge is 0.495 e. The molecule has 0 spiro atoms. The van der Waals surface area contributed by atoms with Crippen LogP contribution < -0.4 is 15.4 Å². The van der Waals surface area contributed by atoms with Crippen molar-refractivity contribution in [1.29, 1.82) is 5.26 Å². The average molecular weight is 348 g/mol. The van der Waals surface area contributed by atoms with E-state index in [1.54, 1.807) is 18.2 Å². The highest BCUT2D eigenvalue weighted by atomic mass is 35.5. The van der Waals surface area contributed by atoms with Crippen LogP contribution in [0.3, 0.4) is 0 Å². The Balaban J connectivity index is 1.79. The number of hydrogen-bond donors (Lipinski definition) is 2. The number of halogens is 1. The van der Waals surface area contributed by atoms with Crippen LogP contribution in [0.15, 0.2) is 18.2 Å². The third kappa shape index (κ3) is 3.11. The number of benzene rings is 1. The first-order valence-corrected chi connectivity index (χ1v) is 8.28. The van der Waals surface area contributed by atoms with Gasteiger partial charge in [-0.1, -0.05) is 11.6 Å². The highest BCUT2D eigenvalue weighted by molar-refractivity contribution is 7.16. The molecule has 0 aliphatic heterocycles. The molecule has 7 heteroatoms. The van der Waals surface area contributed by atoms with E-state index in [9.17, 15) is 10.1 Å². The Bertz CT molecular complexity index is 810. The van der Waals surface area contributed by atoms with Gasteiger partial charge in [-0.3, -0.25) is 5.32 Å². The quantitative estimate of drug-likeness (QED) is 0.863. The summed E-state index contributed by atoms with van der Waals surface area (Å²) in [6.45, 7) is 0. The number of nitrogens with zero attached hydrogens (tertiary/aromatic N) is 1. The predicted molar refractivity (Wildman–Crippen MR) is 91.7 cm³/mol. The van der Waals surface area contributed by atoms with E-state index in [0.717, 1.165) is 24.8 Å². The number of nitriles is 1. The minimum atomic E-state index is -0.429. The molecule has 1 aromatic carbocycles. The minimum absolute atomic E-state index is 0.429. The summed E-state index contributed by atoms with van der Waals surface area (Å²) in [5.41, 5.74) is 2.13. The maximum atomic E-state index is 12.2. The number of carbonyl (C=O) groups is 1. The number of rotatable bonds is 3. The monoisotopic (exact) mass is 347 g/mol. The second-order valence-electron chi connectivity index (χ2n) is 5.10. The zero-order valence-corrected chi connectivity index (χ0v) is 14.0. The van der Waals surface area contributed by atoms with Crippen LogP contribution in [0.4, 0.5) is 15.5 Å². The molecule has 0 atom stereocenters. The maximum absolute atomic E-state index is 12.2.